The summed E-state index contributed by atoms with van der Waals surface area (Å²) in [7, 11) is 0. The Labute approximate surface area is 149 Å². The summed E-state index contributed by atoms with van der Waals surface area (Å²) < 4.78 is 26.4. The minimum atomic E-state index is -0.671. The van der Waals surface area contributed by atoms with Crippen LogP contribution in [0.4, 0.5) is 8.78 Å². The van der Waals surface area contributed by atoms with E-state index in [1.165, 1.54) is 17.0 Å². The maximum absolute atomic E-state index is 13.7. The maximum atomic E-state index is 13.7. The van der Waals surface area contributed by atoms with Crippen molar-refractivity contribution >= 4 is 34.2 Å². The van der Waals surface area contributed by atoms with Crippen LogP contribution >= 0.6 is 22.6 Å². The fourth-order valence-corrected chi connectivity index (χ4v) is 2.44. The SMILES string of the molecule is CCN1C(=O)C(I)C[C-]=C1c1ccc(F)cc1F.[Y]. The summed E-state index contributed by atoms with van der Waals surface area (Å²) in [4.78, 5) is 13.5. The molecule has 0 bridgehead atoms. The quantitative estimate of drug-likeness (QED) is 0.385. The van der Waals surface area contributed by atoms with E-state index in [-0.39, 0.29) is 48.1 Å². The standard InChI is InChI=1S/C13H11F2INO.Y/c1-2-17-12(6-5-11(16)13(17)18)9-4-3-8(14)7-10(9)15;/h3-4,7,11H,2,5H2,1H3;/q-1;. The van der Waals surface area contributed by atoms with Crippen LogP contribution in [0, 0.1) is 17.7 Å². The predicted molar refractivity (Wildman–Crippen MR) is 72.8 cm³/mol. The summed E-state index contributed by atoms with van der Waals surface area (Å²) in [6.45, 7) is 2.26. The maximum Gasteiger partial charge on any atom is 0.235 e. The predicted octanol–water partition coefficient (Wildman–Crippen LogP) is 3.16. The van der Waals surface area contributed by atoms with Crippen molar-refractivity contribution in [3.63, 3.8) is 0 Å². The third-order valence-corrected chi connectivity index (χ3v) is 3.73. The second-order valence-electron chi connectivity index (χ2n) is 3.90. The molecule has 0 fully saturated rings. The first-order chi connectivity index (χ1) is 8.54. The summed E-state index contributed by atoms with van der Waals surface area (Å²) in [5.74, 6) is -1.36. The zero-order chi connectivity index (χ0) is 13.3. The van der Waals surface area contributed by atoms with Crippen molar-refractivity contribution in [3.05, 3.63) is 41.5 Å². The van der Waals surface area contributed by atoms with Gasteiger partial charge in [-0.3, -0.25) is 4.79 Å². The molecule has 1 unspecified atom stereocenters. The van der Waals surface area contributed by atoms with Gasteiger partial charge in [-0.25, -0.2) is 14.9 Å². The average Bonchev–Trinajstić information content (AvgIpc) is 2.33. The number of hydrogen-bond acceptors (Lipinski definition) is 1. The fraction of sp³-hybridized carbons (Fsp3) is 0.308. The van der Waals surface area contributed by atoms with Crippen LogP contribution in [0.1, 0.15) is 18.9 Å². The minimum absolute atomic E-state index is 0. The van der Waals surface area contributed by atoms with Gasteiger partial charge in [-0.1, -0.05) is 29.0 Å². The molecule has 99 valence electrons. The van der Waals surface area contributed by atoms with E-state index in [2.05, 4.69) is 6.08 Å². The van der Waals surface area contributed by atoms with Gasteiger partial charge in [0.05, 0.1) is 9.74 Å². The monoisotopic (exact) mass is 451 g/mol. The van der Waals surface area contributed by atoms with Gasteiger partial charge in [-0.05, 0) is 19.1 Å². The molecule has 1 amide bonds. The molecule has 1 aromatic rings. The Balaban J connectivity index is 0.00000180. The van der Waals surface area contributed by atoms with Gasteiger partial charge in [0.1, 0.15) is 5.82 Å². The Morgan fingerprint density at radius 2 is 2.16 bits per heavy atom. The number of rotatable bonds is 2. The molecule has 0 aromatic heterocycles. The average molecular weight is 451 g/mol. The topological polar surface area (TPSA) is 20.3 Å². The third-order valence-electron chi connectivity index (χ3n) is 2.76. The second kappa shape index (κ2) is 7.22. The van der Waals surface area contributed by atoms with Gasteiger partial charge >= 0.3 is 0 Å². The van der Waals surface area contributed by atoms with E-state index in [0.29, 0.717) is 18.7 Å². The molecule has 0 saturated heterocycles. The van der Waals surface area contributed by atoms with Crippen molar-refractivity contribution in [1.82, 2.24) is 4.90 Å². The molecule has 0 aliphatic carbocycles. The Morgan fingerprint density at radius 3 is 2.74 bits per heavy atom. The van der Waals surface area contributed by atoms with E-state index < -0.39 is 11.6 Å². The zero-order valence-electron chi connectivity index (χ0n) is 10.3. The number of hydrogen-bond donors (Lipinski definition) is 0. The molecular weight excluding hydrogens is 440 g/mol. The summed E-state index contributed by atoms with van der Waals surface area (Å²) >= 11 is 2.04. The molecule has 6 heteroatoms. The van der Waals surface area contributed by atoms with Crippen LogP contribution in [0.25, 0.3) is 5.70 Å². The van der Waals surface area contributed by atoms with E-state index in [1.54, 1.807) is 0 Å². The van der Waals surface area contributed by atoms with E-state index in [0.717, 1.165) is 6.07 Å². The van der Waals surface area contributed by atoms with Gasteiger partial charge in [0.15, 0.2) is 0 Å². The first-order valence-corrected chi connectivity index (χ1v) is 6.80. The molecule has 0 spiro atoms. The number of benzene rings is 1. The summed E-state index contributed by atoms with van der Waals surface area (Å²) in [5, 5.41) is 0. The van der Waals surface area contributed by atoms with E-state index in [9.17, 15) is 13.6 Å². The van der Waals surface area contributed by atoms with Gasteiger partial charge < -0.3 is 4.90 Å². The Kier molecular flexibility index (Phi) is 6.53. The van der Waals surface area contributed by atoms with Crippen LogP contribution < -0.4 is 0 Å². The van der Waals surface area contributed by atoms with Crippen LogP contribution in [0.3, 0.4) is 0 Å². The number of carbonyl (C=O) groups excluding carboxylic acids is 1. The molecule has 1 heterocycles. The fourth-order valence-electron chi connectivity index (χ4n) is 1.88. The van der Waals surface area contributed by atoms with Crippen molar-refractivity contribution in [1.29, 1.82) is 0 Å². The van der Waals surface area contributed by atoms with Gasteiger partial charge in [-0.15, -0.1) is 17.3 Å². The molecule has 0 saturated carbocycles. The number of carbonyl (C=O) groups is 1. The van der Waals surface area contributed by atoms with Gasteiger partial charge in [0, 0.05) is 39.3 Å². The molecule has 1 atom stereocenters. The van der Waals surface area contributed by atoms with E-state index in [4.69, 9.17) is 0 Å². The molecule has 19 heavy (non-hydrogen) atoms. The zero-order valence-corrected chi connectivity index (χ0v) is 15.3. The molecule has 1 aromatic carbocycles. The smallest absolute Gasteiger partial charge is 0.235 e. The van der Waals surface area contributed by atoms with Crippen molar-refractivity contribution in [2.45, 2.75) is 17.3 Å². The third kappa shape index (κ3) is 3.61. The Morgan fingerprint density at radius 1 is 1.47 bits per heavy atom. The van der Waals surface area contributed by atoms with Crippen LogP contribution in [0.5, 0.6) is 0 Å². The summed E-state index contributed by atoms with van der Waals surface area (Å²) in [6, 6.07) is 3.34. The molecule has 2 nitrogen and oxygen atoms in total. The molecule has 0 N–H and O–H groups in total. The first kappa shape index (κ1) is 17.2. The molecular formula is C13H11F2INOY-. The van der Waals surface area contributed by atoms with Gasteiger partial charge in [-0.2, -0.15) is 0 Å². The minimum Gasteiger partial charge on any atom is -0.347 e. The molecule has 1 aliphatic rings. The van der Waals surface area contributed by atoms with Crippen molar-refractivity contribution in [3.8, 4) is 0 Å². The number of allylic oxidation sites excluding steroid dienone is 1. The van der Waals surface area contributed by atoms with E-state index in [1.807, 2.05) is 29.5 Å². The summed E-state index contributed by atoms with van der Waals surface area (Å²) in [5.41, 5.74) is 0.628. The molecule has 2 rings (SSSR count). The van der Waals surface area contributed by atoms with Crippen molar-refractivity contribution in [2.24, 2.45) is 0 Å². The normalized spacial score (nSPS) is 18.9. The van der Waals surface area contributed by atoms with Crippen LogP contribution in [-0.4, -0.2) is 21.3 Å². The second-order valence-corrected chi connectivity index (χ2v) is 5.41. The van der Waals surface area contributed by atoms with Gasteiger partial charge in [0.25, 0.3) is 0 Å². The first-order valence-electron chi connectivity index (χ1n) is 5.56. The van der Waals surface area contributed by atoms with Crippen LogP contribution in [0.15, 0.2) is 18.2 Å². The van der Waals surface area contributed by atoms with Crippen molar-refractivity contribution < 1.29 is 46.3 Å². The Bertz CT molecular complexity index is 521. The number of alkyl halides is 1. The van der Waals surface area contributed by atoms with Crippen LogP contribution in [0.2, 0.25) is 0 Å². The Hall–Kier alpha value is 0.124. The molecule has 1 aliphatic heterocycles. The number of halogens is 3. The number of amides is 1. The number of nitrogens with zero attached hydrogens (tertiary/aromatic N) is 1. The van der Waals surface area contributed by atoms with Crippen LogP contribution in [-0.2, 0) is 37.5 Å². The summed E-state index contributed by atoms with van der Waals surface area (Å²) in [6.07, 6.45) is 3.48. The van der Waals surface area contributed by atoms with E-state index >= 15 is 0 Å². The largest absolute Gasteiger partial charge is 0.347 e. The van der Waals surface area contributed by atoms with Crippen molar-refractivity contribution in [2.75, 3.05) is 6.54 Å². The van der Waals surface area contributed by atoms with Gasteiger partial charge in [0.2, 0.25) is 5.91 Å². The molecule has 1 radical (unpaired) electrons.